The smallest absolute Gasteiger partial charge is 0.193 e. The maximum absolute atomic E-state index is 12.4. The summed E-state index contributed by atoms with van der Waals surface area (Å²) < 4.78 is 10.3. The molecule has 2 aromatic carbocycles. The van der Waals surface area contributed by atoms with Gasteiger partial charge < -0.3 is 15.2 Å². The Morgan fingerprint density at radius 1 is 1.00 bits per heavy atom. The molecule has 2 rings (SSSR count). The number of methoxy groups -OCH3 is 2. The molecule has 0 fully saturated rings. The number of ether oxygens (including phenoxy) is 2. The first-order chi connectivity index (χ1) is 9.55. The lowest BCUT2D eigenvalue weighted by molar-refractivity contribution is 0.103. The number of rotatable bonds is 4. The van der Waals surface area contributed by atoms with E-state index in [9.17, 15) is 4.79 Å². The number of hydrogen-bond acceptors (Lipinski definition) is 4. The van der Waals surface area contributed by atoms with Gasteiger partial charge in [-0.05, 0) is 30.3 Å². The van der Waals surface area contributed by atoms with Gasteiger partial charge in [0.25, 0.3) is 0 Å². The van der Waals surface area contributed by atoms with Crippen molar-refractivity contribution in [2.24, 2.45) is 0 Å². The van der Waals surface area contributed by atoms with Crippen molar-refractivity contribution in [3.05, 3.63) is 52.5 Å². The van der Waals surface area contributed by atoms with Crippen molar-refractivity contribution in [1.82, 2.24) is 0 Å². The van der Waals surface area contributed by atoms with Crippen molar-refractivity contribution >= 4 is 23.1 Å². The van der Waals surface area contributed by atoms with E-state index in [2.05, 4.69) is 0 Å². The number of ketones is 1. The molecule has 104 valence electrons. The molecule has 0 bridgehead atoms. The number of nitrogens with two attached hydrogens (primary N) is 1. The highest BCUT2D eigenvalue weighted by atomic mass is 35.5. The number of hydrogen-bond donors (Lipinski definition) is 1. The molecule has 0 atom stereocenters. The SMILES string of the molecule is COc1cc(OC)cc(C(=O)c2ccc(Cl)c(N)c2)c1. The molecule has 4 nitrogen and oxygen atoms in total. The van der Waals surface area contributed by atoms with E-state index in [-0.39, 0.29) is 5.78 Å². The fourth-order valence-electron chi connectivity index (χ4n) is 1.79. The minimum absolute atomic E-state index is 0.175. The van der Waals surface area contributed by atoms with Crippen LogP contribution in [-0.4, -0.2) is 20.0 Å². The van der Waals surface area contributed by atoms with Crippen molar-refractivity contribution in [2.75, 3.05) is 20.0 Å². The zero-order valence-corrected chi connectivity index (χ0v) is 11.9. The second kappa shape index (κ2) is 5.84. The van der Waals surface area contributed by atoms with Crippen molar-refractivity contribution < 1.29 is 14.3 Å². The zero-order chi connectivity index (χ0) is 14.7. The molecule has 0 heterocycles. The summed E-state index contributed by atoms with van der Waals surface area (Å²) in [6.07, 6.45) is 0. The zero-order valence-electron chi connectivity index (χ0n) is 11.1. The Morgan fingerprint density at radius 3 is 2.10 bits per heavy atom. The topological polar surface area (TPSA) is 61.5 Å². The third-order valence-electron chi connectivity index (χ3n) is 2.87. The molecule has 0 amide bonds. The maximum atomic E-state index is 12.4. The fourth-order valence-corrected chi connectivity index (χ4v) is 1.91. The van der Waals surface area contributed by atoms with E-state index in [0.29, 0.717) is 33.3 Å². The second-order valence-corrected chi connectivity index (χ2v) is 4.57. The Kier molecular flexibility index (Phi) is 4.15. The number of nitrogen functional groups attached to an aromatic ring is 1. The molecule has 0 spiro atoms. The van der Waals surface area contributed by atoms with Crippen molar-refractivity contribution in [3.8, 4) is 11.5 Å². The van der Waals surface area contributed by atoms with Crippen molar-refractivity contribution in [3.63, 3.8) is 0 Å². The quantitative estimate of drug-likeness (QED) is 0.694. The van der Waals surface area contributed by atoms with Gasteiger partial charge in [-0.25, -0.2) is 0 Å². The molecule has 0 radical (unpaired) electrons. The lowest BCUT2D eigenvalue weighted by Crippen LogP contribution is -2.03. The van der Waals surface area contributed by atoms with Gasteiger partial charge in [0.2, 0.25) is 0 Å². The third kappa shape index (κ3) is 2.86. The molecular formula is C15H14ClNO3. The van der Waals surface area contributed by atoms with E-state index in [4.69, 9.17) is 26.8 Å². The Bertz CT molecular complexity index is 633. The lowest BCUT2D eigenvalue weighted by atomic mass is 10.0. The number of carbonyl (C=O) groups excluding carboxylic acids is 1. The molecule has 20 heavy (non-hydrogen) atoms. The Labute approximate surface area is 122 Å². The molecule has 0 aromatic heterocycles. The summed E-state index contributed by atoms with van der Waals surface area (Å²) in [5, 5.41) is 0.421. The highest BCUT2D eigenvalue weighted by Gasteiger charge is 2.13. The molecule has 0 aliphatic rings. The number of carbonyl (C=O) groups is 1. The van der Waals surface area contributed by atoms with Gasteiger partial charge in [-0.15, -0.1) is 0 Å². The molecule has 0 saturated heterocycles. The molecule has 0 aliphatic carbocycles. The third-order valence-corrected chi connectivity index (χ3v) is 3.22. The van der Waals surface area contributed by atoms with Crippen LogP contribution in [-0.2, 0) is 0 Å². The molecule has 0 aliphatic heterocycles. The lowest BCUT2D eigenvalue weighted by Gasteiger charge is -2.08. The average Bonchev–Trinajstić information content (AvgIpc) is 2.48. The molecule has 5 heteroatoms. The van der Waals surface area contributed by atoms with E-state index in [1.807, 2.05) is 0 Å². The number of anilines is 1. The largest absolute Gasteiger partial charge is 0.497 e. The first-order valence-electron chi connectivity index (χ1n) is 5.88. The van der Waals surface area contributed by atoms with E-state index in [1.165, 1.54) is 14.2 Å². The van der Waals surface area contributed by atoms with E-state index >= 15 is 0 Å². The molecule has 0 saturated carbocycles. The normalized spacial score (nSPS) is 10.2. The Balaban J connectivity index is 2.44. The van der Waals surface area contributed by atoms with Gasteiger partial charge in [0.05, 0.1) is 24.9 Å². The van der Waals surface area contributed by atoms with Crippen LogP contribution in [0.4, 0.5) is 5.69 Å². The monoisotopic (exact) mass is 291 g/mol. The molecule has 2 N–H and O–H groups in total. The second-order valence-electron chi connectivity index (χ2n) is 4.17. The summed E-state index contributed by atoms with van der Waals surface area (Å²) >= 11 is 5.85. The van der Waals surface area contributed by atoms with Gasteiger partial charge in [0, 0.05) is 17.2 Å². The summed E-state index contributed by atoms with van der Waals surface area (Å²) in [5.74, 6) is 0.926. The summed E-state index contributed by atoms with van der Waals surface area (Å²) in [6.45, 7) is 0. The molecule has 0 unspecified atom stereocenters. The van der Waals surface area contributed by atoms with Crippen LogP contribution >= 0.6 is 11.6 Å². The van der Waals surface area contributed by atoms with Crippen LogP contribution in [0.15, 0.2) is 36.4 Å². The van der Waals surface area contributed by atoms with Gasteiger partial charge in [-0.2, -0.15) is 0 Å². The van der Waals surface area contributed by atoms with Crippen LogP contribution in [0, 0.1) is 0 Å². The number of halogens is 1. The highest BCUT2D eigenvalue weighted by molar-refractivity contribution is 6.33. The van der Waals surface area contributed by atoms with Gasteiger partial charge in [-0.3, -0.25) is 4.79 Å². The summed E-state index contributed by atoms with van der Waals surface area (Å²) in [6, 6.07) is 9.78. The van der Waals surface area contributed by atoms with Crippen LogP contribution in [0.2, 0.25) is 5.02 Å². The summed E-state index contributed by atoms with van der Waals surface area (Å²) in [4.78, 5) is 12.4. The Morgan fingerprint density at radius 2 is 1.60 bits per heavy atom. The van der Waals surface area contributed by atoms with Gasteiger partial charge >= 0.3 is 0 Å². The van der Waals surface area contributed by atoms with E-state index in [0.717, 1.165) is 0 Å². The summed E-state index contributed by atoms with van der Waals surface area (Å²) in [5.41, 5.74) is 7.00. The summed E-state index contributed by atoms with van der Waals surface area (Å²) in [7, 11) is 3.06. The van der Waals surface area contributed by atoms with E-state index in [1.54, 1.807) is 36.4 Å². The average molecular weight is 292 g/mol. The molecule has 2 aromatic rings. The van der Waals surface area contributed by atoms with Crippen LogP contribution in [0.1, 0.15) is 15.9 Å². The van der Waals surface area contributed by atoms with Gasteiger partial charge in [0.1, 0.15) is 11.5 Å². The standard InChI is InChI=1S/C15H14ClNO3/c1-19-11-5-10(6-12(8-11)20-2)15(18)9-3-4-13(16)14(17)7-9/h3-8H,17H2,1-2H3. The predicted molar refractivity (Wildman–Crippen MR) is 78.8 cm³/mol. The first-order valence-corrected chi connectivity index (χ1v) is 6.25. The first kappa shape index (κ1) is 14.2. The fraction of sp³-hybridized carbons (Fsp3) is 0.133. The van der Waals surface area contributed by atoms with E-state index < -0.39 is 0 Å². The van der Waals surface area contributed by atoms with Crippen LogP contribution < -0.4 is 15.2 Å². The van der Waals surface area contributed by atoms with Crippen molar-refractivity contribution in [2.45, 2.75) is 0 Å². The minimum Gasteiger partial charge on any atom is -0.497 e. The van der Waals surface area contributed by atoms with Crippen LogP contribution in [0.5, 0.6) is 11.5 Å². The number of benzene rings is 2. The highest BCUT2D eigenvalue weighted by Crippen LogP contribution is 2.26. The molecular weight excluding hydrogens is 278 g/mol. The predicted octanol–water partition coefficient (Wildman–Crippen LogP) is 3.17. The van der Waals surface area contributed by atoms with Crippen molar-refractivity contribution in [1.29, 1.82) is 0 Å². The van der Waals surface area contributed by atoms with Gasteiger partial charge in [-0.1, -0.05) is 11.6 Å². The van der Waals surface area contributed by atoms with Crippen LogP contribution in [0.25, 0.3) is 0 Å². The van der Waals surface area contributed by atoms with Crippen LogP contribution in [0.3, 0.4) is 0 Å². The maximum Gasteiger partial charge on any atom is 0.193 e. The minimum atomic E-state index is -0.175. The van der Waals surface area contributed by atoms with Gasteiger partial charge in [0.15, 0.2) is 5.78 Å². The Hall–Kier alpha value is -2.20.